The first-order valence-corrected chi connectivity index (χ1v) is 6.75. The molecule has 2 fully saturated rings. The van der Waals surface area contributed by atoms with Gasteiger partial charge in [-0.3, -0.25) is 9.69 Å². The molecule has 2 atom stereocenters. The molecule has 1 aromatic rings. The molecule has 0 aromatic heterocycles. The first kappa shape index (κ1) is 12.4. The lowest BCUT2D eigenvalue weighted by molar-refractivity contribution is 0.100. The highest BCUT2D eigenvalue weighted by atomic mass is 19.1. The van der Waals surface area contributed by atoms with Crippen LogP contribution in [-0.4, -0.2) is 36.0 Å². The third-order valence-electron chi connectivity index (χ3n) is 4.20. The van der Waals surface area contributed by atoms with Crippen molar-refractivity contribution in [2.75, 3.05) is 18.4 Å². The van der Waals surface area contributed by atoms with Crippen LogP contribution in [0.5, 0.6) is 0 Å². The number of carbonyl (C=O) groups is 1. The average Bonchev–Trinajstić information content (AvgIpc) is 2.96. The summed E-state index contributed by atoms with van der Waals surface area (Å²) < 4.78 is 13.8. The Morgan fingerprint density at radius 2 is 2.21 bits per heavy atom. The van der Waals surface area contributed by atoms with Gasteiger partial charge in [-0.25, -0.2) is 4.39 Å². The molecule has 2 heterocycles. The van der Waals surface area contributed by atoms with Gasteiger partial charge < -0.3 is 11.1 Å². The van der Waals surface area contributed by atoms with Crippen molar-refractivity contribution in [3.05, 3.63) is 29.6 Å². The van der Waals surface area contributed by atoms with E-state index in [2.05, 4.69) is 10.2 Å². The van der Waals surface area contributed by atoms with Gasteiger partial charge in [-0.1, -0.05) is 0 Å². The van der Waals surface area contributed by atoms with Gasteiger partial charge in [0.15, 0.2) is 0 Å². The van der Waals surface area contributed by atoms with E-state index in [1.165, 1.54) is 24.6 Å². The highest BCUT2D eigenvalue weighted by Crippen LogP contribution is 2.30. The molecule has 2 aliphatic heterocycles. The zero-order valence-electron chi connectivity index (χ0n) is 10.7. The molecule has 1 amide bonds. The summed E-state index contributed by atoms with van der Waals surface area (Å²) >= 11 is 0. The van der Waals surface area contributed by atoms with Gasteiger partial charge in [-0.15, -0.1) is 0 Å². The van der Waals surface area contributed by atoms with E-state index in [0.29, 0.717) is 17.3 Å². The maximum Gasteiger partial charge on any atom is 0.248 e. The molecule has 0 spiro atoms. The van der Waals surface area contributed by atoms with Gasteiger partial charge in [-0.2, -0.15) is 0 Å². The Labute approximate surface area is 111 Å². The molecule has 19 heavy (non-hydrogen) atoms. The van der Waals surface area contributed by atoms with Gasteiger partial charge in [0.2, 0.25) is 5.91 Å². The summed E-state index contributed by atoms with van der Waals surface area (Å²) in [5.74, 6) is -0.863. The van der Waals surface area contributed by atoms with Crippen LogP contribution in [0.25, 0.3) is 0 Å². The maximum atomic E-state index is 13.8. The van der Waals surface area contributed by atoms with Crippen LogP contribution >= 0.6 is 0 Å². The number of fused-ring (bicyclic) bond motifs is 1. The van der Waals surface area contributed by atoms with Crippen molar-refractivity contribution in [3.8, 4) is 0 Å². The van der Waals surface area contributed by atoms with Crippen LogP contribution in [0.3, 0.4) is 0 Å². The monoisotopic (exact) mass is 263 g/mol. The largest absolute Gasteiger partial charge is 0.378 e. The molecule has 2 unspecified atom stereocenters. The summed E-state index contributed by atoms with van der Waals surface area (Å²) in [6, 6.07) is 4.98. The van der Waals surface area contributed by atoms with Crippen molar-refractivity contribution in [2.45, 2.75) is 31.3 Å². The number of primary amides is 1. The van der Waals surface area contributed by atoms with Gasteiger partial charge >= 0.3 is 0 Å². The first-order valence-electron chi connectivity index (χ1n) is 6.75. The SMILES string of the molecule is NC(=O)c1ccc(F)c(NC2CCN3CCCC23)c1. The Bertz CT molecular complexity index is 505. The first-order chi connectivity index (χ1) is 9.15. The quantitative estimate of drug-likeness (QED) is 0.870. The zero-order chi connectivity index (χ0) is 13.4. The highest BCUT2D eigenvalue weighted by Gasteiger charge is 2.37. The molecule has 5 heteroatoms. The Kier molecular flexibility index (Phi) is 3.14. The predicted octanol–water partition coefficient (Wildman–Crippen LogP) is 1.57. The van der Waals surface area contributed by atoms with Gasteiger partial charge in [0, 0.05) is 24.2 Å². The number of benzene rings is 1. The van der Waals surface area contributed by atoms with E-state index in [1.807, 2.05) is 0 Å². The second kappa shape index (κ2) is 4.81. The van der Waals surface area contributed by atoms with Gasteiger partial charge in [-0.05, 0) is 44.0 Å². The molecule has 0 saturated carbocycles. The van der Waals surface area contributed by atoms with Gasteiger partial charge in [0.25, 0.3) is 0 Å². The van der Waals surface area contributed by atoms with E-state index in [9.17, 15) is 9.18 Å². The minimum Gasteiger partial charge on any atom is -0.378 e. The Morgan fingerprint density at radius 1 is 1.37 bits per heavy atom. The molecule has 0 aliphatic carbocycles. The molecular formula is C14H18FN3O. The van der Waals surface area contributed by atoms with Crippen LogP contribution in [0, 0.1) is 5.82 Å². The summed E-state index contributed by atoms with van der Waals surface area (Å²) in [6.45, 7) is 2.21. The molecule has 2 aliphatic rings. The zero-order valence-corrected chi connectivity index (χ0v) is 10.7. The summed E-state index contributed by atoms with van der Waals surface area (Å²) in [5.41, 5.74) is 5.95. The number of amides is 1. The van der Waals surface area contributed by atoms with E-state index >= 15 is 0 Å². The molecule has 102 valence electrons. The molecule has 3 rings (SSSR count). The normalized spacial score (nSPS) is 26.4. The van der Waals surface area contributed by atoms with Crippen molar-refractivity contribution in [2.24, 2.45) is 5.73 Å². The van der Waals surface area contributed by atoms with E-state index in [4.69, 9.17) is 5.73 Å². The molecule has 0 bridgehead atoms. The number of hydrogen-bond acceptors (Lipinski definition) is 3. The lowest BCUT2D eigenvalue weighted by Gasteiger charge is -2.22. The van der Waals surface area contributed by atoms with Crippen molar-refractivity contribution < 1.29 is 9.18 Å². The third kappa shape index (κ3) is 2.30. The van der Waals surface area contributed by atoms with Crippen LogP contribution < -0.4 is 11.1 Å². The maximum absolute atomic E-state index is 13.8. The van der Waals surface area contributed by atoms with Crippen LogP contribution in [0.1, 0.15) is 29.6 Å². The summed E-state index contributed by atoms with van der Waals surface area (Å²) in [7, 11) is 0. The van der Waals surface area contributed by atoms with Crippen LogP contribution in [0.2, 0.25) is 0 Å². The minimum atomic E-state index is -0.531. The van der Waals surface area contributed by atoms with Gasteiger partial charge in [0.1, 0.15) is 5.82 Å². The summed E-state index contributed by atoms with van der Waals surface area (Å²) in [6.07, 6.45) is 3.40. The second-order valence-corrected chi connectivity index (χ2v) is 5.34. The fourth-order valence-corrected chi connectivity index (χ4v) is 3.24. The lowest BCUT2D eigenvalue weighted by atomic mass is 10.1. The van der Waals surface area contributed by atoms with Gasteiger partial charge in [0.05, 0.1) is 5.69 Å². The lowest BCUT2D eigenvalue weighted by Crippen LogP contribution is -2.34. The second-order valence-electron chi connectivity index (χ2n) is 5.34. The molecule has 0 radical (unpaired) electrons. The predicted molar refractivity (Wildman–Crippen MR) is 71.5 cm³/mol. The average molecular weight is 263 g/mol. The van der Waals surface area contributed by atoms with Crippen molar-refractivity contribution in [3.63, 3.8) is 0 Å². The highest BCUT2D eigenvalue weighted by molar-refractivity contribution is 5.93. The topological polar surface area (TPSA) is 58.4 Å². The Hall–Kier alpha value is -1.62. The van der Waals surface area contributed by atoms with E-state index < -0.39 is 5.91 Å². The Morgan fingerprint density at radius 3 is 3.00 bits per heavy atom. The number of nitrogens with zero attached hydrogens (tertiary/aromatic N) is 1. The van der Waals surface area contributed by atoms with Crippen LogP contribution in [0.4, 0.5) is 10.1 Å². The fraction of sp³-hybridized carbons (Fsp3) is 0.500. The van der Waals surface area contributed by atoms with Crippen molar-refractivity contribution in [1.82, 2.24) is 4.90 Å². The fourth-order valence-electron chi connectivity index (χ4n) is 3.24. The number of rotatable bonds is 3. The number of anilines is 1. The minimum absolute atomic E-state index is 0.264. The molecular weight excluding hydrogens is 245 g/mol. The van der Waals surface area contributed by atoms with Crippen molar-refractivity contribution >= 4 is 11.6 Å². The number of nitrogens with two attached hydrogens (primary N) is 1. The standard InChI is InChI=1S/C14H18FN3O/c15-10-4-3-9(14(16)19)8-12(10)17-11-5-7-18-6-1-2-13(11)18/h3-4,8,11,13,17H,1-2,5-7H2,(H2,16,19). The summed E-state index contributed by atoms with van der Waals surface area (Å²) in [4.78, 5) is 13.6. The smallest absolute Gasteiger partial charge is 0.248 e. The number of halogens is 1. The third-order valence-corrected chi connectivity index (χ3v) is 4.20. The number of nitrogens with one attached hydrogen (secondary N) is 1. The molecule has 4 nitrogen and oxygen atoms in total. The van der Waals surface area contributed by atoms with Crippen molar-refractivity contribution in [1.29, 1.82) is 0 Å². The number of hydrogen-bond donors (Lipinski definition) is 2. The Balaban J connectivity index is 1.79. The summed E-state index contributed by atoms with van der Waals surface area (Å²) in [5, 5.41) is 3.25. The molecule has 3 N–H and O–H groups in total. The molecule has 2 saturated heterocycles. The molecule has 1 aromatic carbocycles. The van der Waals surface area contributed by atoms with E-state index in [-0.39, 0.29) is 11.9 Å². The van der Waals surface area contributed by atoms with E-state index in [0.717, 1.165) is 25.9 Å². The van der Waals surface area contributed by atoms with E-state index in [1.54, 1.807) is 0 Å². The number of carbonyl (C=O) groups excluding carboxylic acids is 1. The van der Waals surface area contributed by atoms with Crippen LogP contribution in [0.15, 0.2) is 18.2 Å². The van der Waals surface area contributed by atoms with Crippen LogP contribution in [-0.2, 0) is 0 Å².